The highest BCUT2D eigenvalue weighted by Gasteiger charge is 2.10. The van der Waals surface area contributed by atoms with Crippen LogP contribution >= 0.6 is 22.9 Å². The van der Waals surface area contributed by atoms with Gasteiger partial charge in [-0.2, -0.15) is 0 Å². The number of hydrogen-bond donors (Lipinski definition) is 1. The Kier molecular flexibility index (Phi) is 3.59. The Morgan fingerprint density at radius 1 is 1.44 bits per heavy atom. The Hall–Kier alpha value is -0.900. The predicted octanol–water partition coefficient (Wildman–Crippen LogP) is 3.27. The molecule has 0 bridgehead atoms. The van der Waals surface area contributed by atoms with Crippen LogP contribution in [0.3, 0.4) is 0 Å². The molecule has 0 unspecified atom stereocenters. The van der Waals surface area contributed by atoms with Gasteiger partial charge >= 0.3 is 0 Å². The summed E-state index contributed by atoms with van der Waals surface area (Å²) < 4.78 is 0.752. The number of aryl methyl sites for hydroxylation is 1. The third kappa shape index (κ3) is 2.43. The van der Waals surface area contributed by atoms with Crippen molar-refractivity contribution in [1.82, 2.24) is 4.98 Å². The molecule has 0 aliphatic carbocycles. The minimum absolute atomic E-state index is 0.580. The number of benzene rings is 1. The second-order valence-corrected chi connectivity index (χ2v) is 5.25. The van der Waals surface area contributed by atoms with E-state index in [1.54, 1.807) is 0 Å². The topological polar surface area (TPSA) is 38.9 Å². The first kappa shape index (κ1) is 11.6. The Morgan fingerprint density at radius 3 is 2.94 bits per heavy atom. The molecule has 0 radical (unpaired) electrons. The second-order valence-electron chi connectivity index (χ2n) is 3.65. The first-order valence-electron chi connectivity index (χ1n) is 5.13. The molecule has 2 aromatic rings. The van der Waals surface area contributed by atoms with Crippen LogP contribution in [0, 0.1) is 6.92 Å². The van der Waals surface area contributed by atoms with Crippen LogP contribution < -0.4 is 5.73 Å². The zero-order chi connectivity index (χ0) is 11.5. The average molecular weight is 253 g/mol. The van der Waals surface area contributed by atoms with Gasteiger partial charge in [0.15, 0.2) is 0 Å². The van der Waals surface area contributed by atoms with E-state index in [9.17, 15) is 0 Å². The Balaban J connectivity index is 2.37. The third-order valence-electron chi connectivity index (χ3n) is 2.30. The Labute approximate surface area is 104 Å². The van der Waals surface area contributed by atoms with Crippen LogP contribution in [0.5, 0.6) is 0 Å². The molecular formula is C12H13ClN2S. The van der Waals surface area contributed by atoms with Crippen molar-refractivity contribution in [2.24, 2.45) is 5.73 Å². The average Bonchev–Trinajstić information content (AvgIpc) is 2.61. The van der Waals surface area contributed by atoms with Gasteiger partial charge in [0.05, 0.1) is 5.69 Å². The quantitative estimate of drug-likeness (QED) is 0.911. The van der Waals surface area contributed by atoms with Crippen LogP contribution in [0.1, 0.15) is 11.3 Å². The summed E-state index contributed by atoms with van der Waals surface area (Å²) in [4.78, 5) is 4.52. The van der Waals surface area contributed by atoms with Crippen LogP contribution in [0.15, 0.2) is 24.3 Å². The zero-order valence-corrected chi connectivity index (χ0v) is 10.6. The molecule has 1 aromatic heterocycles. The van der Waals surface area contributed by atoms with Gasteiger partial charge in [0.2, 0.25) is 0 Å². The van der Waals surface area contributed by atoms with E-state index < -0.39 is 0 Å². The fourth-order valence-electron chi connectivity index (χ4n) is 1.53. The third-order valence-corrected chi connectivity index (χ3v) is 3.68. The molecule has 0 saturated carbocycles. The summed E-state index contributed by atoms with van der Waals surface area (Å²) in [5.41, 5.74) is 8.76. The normalized spacial score (nSPS) is 10.7. The highest BCUT2D eigenvalue weighted by Crippen LogP contribution is 2.32. The van der Waals surface area contributed by atoms with Crippen molar-refractivity contribution >= 4 is 22.9 Å². The van der Waals surface area contributed by atoms with E-state index in [0.717, 1.165) is 27.0 Å². The zero-order valence-electron chi connectivity index (χ0n) is 9.03. The minimum atomic E-state index is 0.580. The number of thiazole rings is 1. The number of aromatic nitrogens is 1. The molecule has 2 rings (SSSR count). The van der Waals surface area contributed by atoms with Crippen LogP contribution in [0.25, 0.3) is 10.6 Å². The van der Waals surface area contributed by atoms with Gasteiger partial charge in [-0.3, -0.25) is 0 Å². The van der Waals surface area contributed by atoms with E-state index >= 15 is 0 Å². The summed E-state index contributed by atoms with van der Waals surface area (Å²) in [6, 6.07) is 8.26. The monoisotopic (exact) mass is 252 g/mol. The lowest BCUT2D eigenvalue weighted by atomic mass is 10.1. The molecule has 1 aromatic carbocycles. The Bertz CT molecular complexity index is 494. The summed E-state index contributed by atoms with van der Waals surface area (Å²) in [5, 5.41) is 0.970. The molecule has 0 spiro atoms. The molecule has 0 aliphatic rings. The maximum Gasteiger partial charge on any atom is 0.125 e. The van der Waals surface area contributed by atoms with E-state index in [1.807, 2.05) is 12.1 Å². The van der Waals surface area contributed by atoms with Crippen molar-refractivity contribution in [3.8, 4) is 10.6 Å². The van der Waals surface area contributed by atoms with Crippen LogP contribution in [0.2, 0.25) is 4.34 Å². The molecule has 84 valence electrons. The molecule has 0 aliphatic heterocycles. The maximum atomic E-state index is 6.11. The largest absolute Gasteiger partial charge is 0.330 e. The molecule has 0 atom stereocenters. The lowest BCUT2D eigenvalue weighted by Gasteiger charge is -1.97. The van der Waals surface area contributed by atoms with Crippen molar-refractivity contribution in [2.75, 3.05) is 6.54 Å². The number of hydrogen-bond acceptors (Lipinski definition) is 3. The van der Waals surface area contributed by atoms with Gasteiger partial charge in [-0.05, 0) is 19.5 Å². The standard InChI is InChI=1S/C12H13ClN2S/c1-8-3-2-4-9(7-8)12-15-10(5-6-14)11(13)16-12/h2-4,7H,5-6,14H2,1H3. The lowest BCUT2D eigenvalue weighted by molar-refractivity contribution is 0.936. The van der Waals surface area contributed by atoms with Crippen molar-refractivity contribution in [1.29, 1.82) is 0 Å². The van der Waals surface area contributed by atoms with E-state index in [0.29, 0.717) is 6.54 Å². The van der Waals surface area contributed by atoms with Gasteiger partial charge in [0, 0.05) is 12.0 Å². The summed E-state index contributed by atoms with van der Waals surface area (Å²) in [5.74, 6) is 0. The van der Waals surface area contributed by atoms with E-state index in [4.69, 9.17) is 17.3 Å². The van der Waals surface area contributed by atoms with Gasteiger partial charge in [-0.1, -0.05) is 35.4 Å². The van der Waals surface area contributed by atoms with E-state index in [1.165, 1.54) is 16.9 Å². The number of nitrogens with zero attached hydrogens (tertiary/aromatic N) is 1. The smallest absolute Gasteiger partial charge is 0.125 e. The molecular weight excluding hydrogens is 240 g/mol. The molecule has 2 nitrogen and oxygen atoms in total. The van der Waals surface area contributed by atoms with Crippen LogP contribution in [0.4, 0.5) is 0 Å². The number of halogens is 1. The van der Waals surface area contributed by atoms with Gasteiger partial charge in [-0.25, -0.2) is 4.98 Å². The fourth-order valence-corrected chi connectivity index (χ4v) is 2.72. The van der Waals surface area contributed by atoms with Gasteiger partial charge in [-0.15, -0.1) is 11.3 Å². The van der Waals surface area contributed by atoms with Crippen LogP contribution in [-0.4, -0.2) is 11.5 Å². The van der Waals surface area contributed by atoms with E-state index in [-0.39, 0.29) is 0 Å². The van der Waals surface area contributed by atoms with Crippen molar-refractivity contribution in [2.45, 2.75) is 13.3 Å². The second kappa shape index (κ2) is 4.95. The summed E-state index contributed by atoms with van der Waals surface area (Å²) >= 11 is 7.63. The minimum Gasteiger partial charge on any atom is -0.330 e. The van der Waals surface area contributed by atoms with Gasteiger partial charge in [0.1, 0.15) is 9.34 Å². The highest BCUT2D eigenvalue weighted by atomic mass is 35.5. The first-order valence-corrected chi connectivity index (χ1v) is 6.32. The summed E-state index contributed by atoms with van der Waals surface area (Å²) in [7, 11) is 0. The van der Waals surface area contributed by atoms with Crippen molar-refractivity contribution < 1.29 is 0 Å². The summed E-state index contributed by atoms with van der Waals surface area (Å²) in [6.45, 7) is 2.65. The predicted molar refractivity (Wildman–Crippen MR) is 70.1 cm³/mol. The SMILES string of the molecule is Cc1cccc(-c2nc(CCN)c(Cl)s2)c1. The maximum absolute atomic E-state index is 6.11. The van der Waals surface area contributed by atoms with Gasteiger partial charge in [0.25, 0.3) is 0 Å². The van der Waals surface area contributed by atoms with Crippen LogP contribution in [-0.2, 0) is 6.42 Å². The molecule has 2 N–H and O–H groups in total. The number of nitrogens with two attached hydrogens (primary N) is 1. The molecule has 16 heavy (non-hydrogen) atoms. The Morgan fingerprint density at radius 2 is 2.25 bits per heavy atom. The number of rotatable bonds is 3. The molecule has 1 heterocycles. The molecule has 4 heteroatoms. The molecule has 0 fully saturated rings. The first-order chi connectivity index (χ1) is 7.70. The summed E-state index contributed by atoms with van der Waals surface area (Å²) in [6.07, 6.45) is 0.737. The van der Waals surface area contributed by atoms with Crippen molar-refractivity contribution in [3.63, 3.8) is 0 Å². The highest BCUT2D eigenvalue weighted by molar-refractivity contribution is 7.19. The molecule has 0 saturated heterocycles. The van der Waals surface area contributed by atoms with Gasteiger partial charge < -0.3 is 5.73 Å². The van der Waals surface area contributed by atoms with E-state index in [2.05, 4.69) is 24.0 Å². The fraction of sp³-hybridized carbons (Fsp3) is 0.250. The molecule has 0 amide bonds. The van der Waals surface area contributed by atoms with Crippen molar-refractivity contribution in [3.05, 3.63) is 39.9 Å². The lowest BCUT2D eigenvalue weighted by Crippen LogP contribution is -2.03.